The maximum absolute atomic E-state index is 12.1. The molecule has 118 valence electrons. The minimum Gasteiger partial charge on any atom is -0.463 e. The second-order valence-corrected chi connectivity index (χ2v) is 5.88. The molecule has 3 N–H and O–H groups in total. The minimum atomic E-state index is -0.430. The number of hydrogen-bond donors (Lipinski definition) is 2. The number of nitrogens with one attached hydrogen (secondary N) is 1. The van der Waals surface area contributed by atoms with Gasteiger partial charge in [-0.25, -0.2) is 0 Å². The van der Waals surface area contributed by atoms with Crippen molar-refractivity contribution in [3.05, 3.63) is 0 Å². The van der Waals surface area contributed by atoms with E-state index in [0.29, 0.717) is 6.54 Å². The molecule has 6 heteroatoms. The Balaban J connectivity index is 0.00000361. The van der Waals surface area contributed by atoms with E-state index < -0.39 is 5.54 Å². The Bertz CT molecular complexity index is 332. The van der Waals surface area contributed by atoms with E-state index in [1.165, 1.54) is 0 Å². The number of ether oxygens (including phenoxy) is 1. The molecular weight excluding hydrogens is 280 g/mol. The molecule has 1 aliphatic carbocycles. The summed E-state index contributed by atoms with van der Waals surface area (Å²) in [6.45, 7) is 5.86. The van der Waals surface area contributed by atoms with E-state index in [0.717, 1.165) is 25.7 Å². The summed E-state index contributed by atoms with van der Waals surface area (Å²) in [5.74, 6) is -0.473. The molecule has 5 nitrogen and oxygen atoms in total. The number of rotatable bonds is 5. The van der Waals surface area contributed by atoms with Crippen molar-refractivity contribution >= 4 is 24.3 Å². The number of esters is 1. The number of hydrogen-bond acceptors (Lipinski definition) is 4. The highest BCUT2D eigenvalue weighted by atomic mass is 35.5. The standard InChI is InChI=1S/C14H26N2O3.ClH/c1-10(2)19-12(17)7-9-16-13(18)11-6-4-5-8-14(11,3)15;/h10-11H,4-9,15H2,1-3H3,(H,16,18);1H. The van der Waals surface area contributed by atoms with E-state index in [9.17, 15) is 9.59 Å². The van der Waals surface area contributed by atoms with Crippen LogP contribution < -0.4 is 11.1 Å². The molecule has 0 saturated heterocycles. The van der Waals surface area contributed by atoms with Crippen LogP contribution in [0.3, 0.4) is 0 Å². The fourth-order valence-corrected chi connectivity index (χ4v) is 2.52. The number of halogens is 1. The summed E-state index contributed by atoms with van der Waals surface area (Å²) < 4.78 is 5.00. The Morgan fingerprint density at radius 2 is 2.05 bits per heavy atom. The molecule has 0 radical (unpaired) electrons. The van der Waals surface area contributed by atoms with Crippen molar-refractivity contribution in [1.29, 1.82) is 0 Å². The molecule has 1 fully saturated rings. The number of nitrogens with two attached hydrogens (primary N) is 1. The lowest BCUT2D eigenvalue weighted by Gasteiger charge is -2.37. The number of carbonyl (C=O) groups excluding carboxylic acids is 2. The van der Waals surface area contributed by atoms with Gasteiger partial charge in [-0.1, -0.05) is 12.8 Å². The zero-order chi connectivity index (χ0) is 14.5. The van der Waals surface area contributed by atoms with Gasteiger partial charge in [-0.15, -0.1) is 12.4 Å². The number of carbonyl (C=O) groups is 2. The molecule has 0 aromatic rings. The molecule has 0 aromatic carbocycles. The van der Waals surface area contributed by atoms with Gasteiger partial charge < -0.3 is 15.8 Å². The first-order valence-electron chi connectivity index (χ1n) is 7.09. The summed E-state index contributed by atoms with van der Waals surface area (Å²) in [4.78, 5) is 23.4. The van der Waals surface area contributed by atoms with Crippen LogP contribution in [-0.2, 0) is 14.3 Å². The summed E-state index contributed by atoms with van der Waals surface area (Å²) >= 11 is 0. The second kappa shape index (κ2) is 8.47. The van der Waals surface area contributed by atoms with E-state index >= 15 is 0 Å². The molecular formula is C14H27ClN2O3. The van der Waals surface area contributed by atoms with Crippen LogP contribution in [0.5, 0.6) is 0 Å². The molecule has 0 aromatic heterocycles. The lowest BCUT2D eigenvalue weighted by atomic mass is 9.74. The van der Waals surface area contributed by atoms with Gasteiger partial charge in [0.25, 0.3) is 0 Å². The third-order valence-corrected chi connectivity index (χ3v) is 3.57. The van der Waals surface area contributed by atoms with Crippen LogP contribution in [0.2, 0.25) is 0 Å². The molecule has 0 spiro atoms. The molecule has 1 rings (SSSR count). The quantitative estimate of drug-likeness (QED) is 0.759. The van der Waals surface area contributed by atoms with Crippen molar-refractivity contribution < 1.29 is 14.3 Å². The van der Waals surface area contributed by atoms with Crippen molar-refractivity contribution in [1.82, 2.24) is 5.32 Å². The summed E-state index contributed by atoms with van der Waals surface area (Å²) in [6, 6.07) is 0. The highest BCUT2D eigenvalue weighted by Crippen LogP contribution is 2.31. The fraction of sp³-hybridized carbons (Fsp3) is 0.857. The molecule has 1 aliphatic rings. The van der Waals surface area contributed by atoms with Gasteiger partial charge in [0.15, 0.2) is 0 Å². The molecule has 20 heavy (non-hydrogen) atoms. The lowest BCUT2D eigenvalue weighted by molar-refractivity contribution is -0.147. The zero-order valence-corrected chi connectivity index (χ0v) is 13.4. The van der Waals surface area contributed by atoms with Gasteiger partial charge >= 0.3 is 5.97 Å². The Labute approximate surface area is 127 Å². The maximum Gasteiger partial charge on any atom is 0.307 e. The van der Waals surface area contributed by atoms with Crippen molar-refractivity contribution in [2.45, 2.75) is 64.5 Å². The summed E-state index contributed by atoms with van der Waals surface area (Å²) in [7, 11) is 0. The smallest absolute Gasteiger partial charge is 0.307 e. The monoisotopic (exact) mass is 306 g/mol. The maximum atomic E-state index is 12.1. The predicted molar refractivity (Wildman–Crippen MR) is 80.7 cm³/mol. The normalized spacial score (nSPS) is 25.8. The number of amides is 1. The molecule has 2 unspecified atom stereocenters. The lowest BCUT2D eigenvalue weighted by Crippen LogP contribution is -2.53. The van der Waals surface area contributed by atoms with Crippen LogP contribution in [0.25, 0.3) is 0 Å². The Hall–Kier alpha value is -0.810. The van der Waals surface area contributed by atoms with Gasteiger partial charge in [-0.05, 0) is 33.6 Å². The topological polar surface area (TPSA) is 81.4 Å². The van der Waals surface area contributed by atoms with Gasteiger partial charge in [0, 0.05) is 12.1 Å². The van der Waals surface area contributed by atoms with E-state index in [1.54, 1.807) is 13.8 Å². The van der Waals surface area contributed by atoms with Crippen LogP contribution in [-0.4, -0.2) is 30.1 Å². The van der Waals surface area contributed by atoms with E-state index in [-0.39, 0.29) is 42.7 Å². The van der Waals surface area contributed by atoms with Gasteiger partial charge in [0.1, 0.15) is 0 Å². The van der Waals surface area contributed by atoms with E-state index in [4.69, 9.17) is 10.5 Å². The molecule has 0 heterocycles. The minimum absolute atomic E-state index is 0. The van der Waals surface area contributed by atoms with Crippen molar-refractivity contribution in [3.63, 3.8) is 0 Å². The first-order valence-corrected chi connectivity index (χ1v) is 7.09. The first kappa shape index (κ1) is 19.2. The van der Waals surface area contributed by atoms with Crippen LogP contribution in [0, 0.1) is 5.92 Å². The summed E-state index contributed by atoms with van der Waals surface area (Å²) in [6.07, 6.45) is 3.92. The van der Waals surface area contributed by atoms with Gasteiger partial charge in [-0.3, -0.25) is 9.59 Å². The van der Waals surface area contributed by atoms with Crippen LogP contribution >= 0.6 is 12.4 Å². The molecule has 1 saturated carbocycles. The van der Waals surface area contributed by atoms with E-state index in [2.05, 4.69) is 5.32 Å². The highest BCUT2D eigenvalue weighted by Gasteiger charge is 2.37. The summed E-state index contributed by atoms with van der Waals surface area (Å²) in [5, 5.41) is 2.79. The Morgan fingerprint density at radius 3 is 2.60 bits per heavy atom. The molecule has 0 aliphatic heterocycles. The van der Waals surface area contributed by atoms with Crippen molar-refractivity contribution in [2.24, 2.45) is 11.7 Å². The zero-order valence-electron chi connectivity index (χ0n) is 12.6. The van der Waals surface area contributed by atoms with Gasteiger partial charge in [0.2, 0.25) is 5.91 Å². The Kier molecular flexibility index (Phi) is 8.13. The largest absolute Gasteiger partial charge is 0.463 e. The first-order chi connectivity index (χ1) is 8.83. The van der Waals surface area contributed by atoms with Crippen molar-refractivity contribution in [3.8, 4) is 0 Å². The molecule has 1 amide bonds. The van der Waals surface area contributed by atoms with Gasteiger partial charge in [0.05, 0.1) is 18.4 Å². The third-order valence-electron chi connectivity index (χ3n) is 3.57. The SMILES string of the molecule is CC(C)OC(=O)CCNC(=O)C1CCCCC1(C)N.Cl. The summed E-state index contributed by atoms with van der Waals surface area (Å²) in [5.41, 5.74) is 5.74. The van der Waals surface area contributed by atoms with E-state index in [1.807, 2.05) is 6.92 Å². The van der Waals surface area contributed by atoms with Crippen molar-refractivity contribution in [2.75, 3.05) is 6.54 Å². The average molecular weight is 307 g/mol. The fourth-order valence-electron chi connectivity index (χ4n) is 2.52. The molecule has 2 atom stereocenters. The van der Waals surface area contributed by atoms with Crippen LogP contribution in [0.1, 0.15) is 52.9 Å². The Morgan fingerprint density at radius 1 is 1.40 bits per heavy atom. The van der Waals surface area contributed by atoms with Gasteiger partial charge in [-0.2, -0.15) is 0 Å². The molecule has 0 bridgehead atoms. The second-order valence-electron chi connectivity index (χ2n) is 5.88. The highest BCUT2D eigenvalue weighted by molar-refractivity contribution is 5.85. The average Bonchev–Trinajstić information content (AvgIpc) is 2.26. The third kappa shape index (κ3) is 6.09. The van der Waals surface area contributed by atoms with Crippen LogP contribution in [0.4, 0.5) is 0 Å². The predicted octanol–water partition coefficient (Wildman–Crippen LogP) is 1.77. The van der Waals surface area contributed by atoms with Crippen LogP contribution in [0.15, 0.2) is 0 Å².